The Balaban J connectivity index is 2.15. The fourth-order valence-corrected chi connectivity index (χ4v) is 2.69. The van der Waals surface area contributed by atoms with Crippen molar-refractivity contribution < 1.29 is 14.3 Å². The summed E-state index contributed by atoms with van der Waals surface area (Å²) in [6.07, 6.45) is 9.43. The van der Waals surface area contributed by atoms with Gasteiger partial charge >= 0.3 is 0 Å². The number of hydrogen-bond acceptors (Lipinski definition) is 3. The lowest BCUT2D eigenvalue weighted by Gasteiger charge is -2.23. The van der Waals surface area contributed by atoms with Gasteiger partial charge in [0.1, 0.15) is 0 Å². The maximum absolute atomic E-state index is 11.8. The van der Waals surface area contributed by atoms with Crippen LogP contribution in [0.25, 0.3) is 0 Å². The molecule has 0 radical (unpaired) electrons. The minimum atomic E-state index is -0.182. The van der Waals surface area contributed by atoms with Crippen LogP contribution in [0.2, 0.25) is 0 Å². The summed E-state index contributed by atoms with van der Waals surface area (Å²) in [6.45, 7) is 0. The Morgan fingerprint density at radius 3 is 2.41 bits per heavy atom. The van der Waals surface area contributed by atoms with Crippen molar-refractivity contribution in [1.29, 1.82) is 0 Å². The van der Waals surface area contributed by atoms with Crippen molar-refractivity contribution in [2.24, 2.45) is 5.92 Å². The third kappa shape index (κ3) is 2.65. The van der Waals surface area contributed by atoms with E-state index in [1.54, 1.807) is 0 Å². The van der Waals surface area contributed by atoms with E-state index in [0.717, 1.165) is 12.8 Å². The van der Waals surface area contributed by atoms with Crippen molar-refractivity contribution >= 4 is 11.6 Å². The Labute approximate surface area is 102 Å². The van der Waals surface area contributed by atoms with Crippen LogP contribution in [0.3, 0.4) is 0 Å². The van der Waals surface area contributed by atoms with Crippen LogP contribution in [0, 0.1) is 5.92 Å². The number of ketones is 2. The molecule has 0 amide bonds. The van der Waals surface area contributed by atoms with Crippen LogP contribution in [-0.4, -0.2) is 18.7 Å². The Hall–Kier alpha value is -1.38. The largest absolute Gasteiger partial charge is 0.492 e. The first-order valence-electron chi connectivity index (χ1n) is 6.26. The molecule has 0 aromatic rings. The van der Waals surface area contributed by atoms with Crippen molar-refractivity contribution in [2.75, 3.05) is 7.11 Å². The van der Waals surface area contributed by atoms with Crippen LogP contribution in [-0.2, 0) is 14.3 Å². The molecule has 0 aliphatic heterocycles. The second-order valence-electron chi connectivity index (χ2n) is 4.78. The lowest BCUT2D eigenvalue weighted by atomic mass is 9.82. The Morgan fingerprint density at radius 2 is 1.76 bits per heavy atom. The molecule has 0 N–H and O–H groups in total. The first kappa shape index (κ1) is 12.1. The molecular formula is C14H18O3. The summed E-state index contributed by atoms with van der Waals surface area (Å²) in [6, 6.07) is 0. The van der Waals surface area contributed by atoms with Crippen LogP contribution < -0.4 is 0 Å². The number of methoxy groups -OCH3 is 1. The average molecular weight is 234 g/mol. The zero-order chi connectivity index (χ0) is 12.3. The normalized spacial score (nSPS) is 22.2. The van der Waals surface area contributed by atoms with Crippen molar-refractivity contribution in [1.82, 2.24) is 0 Å². The lowest BCUT2D eigenvalue weighted by Crippen LogP contribution is -2.19. The van der Waals surface area contributed by atoms with E-state index in [0.29, 0.717) is 17.9 Å². The van der Waals surface area contributed by atoms with Gasteiger partial charge in [-0.3, -0.25) is 9.59 Å². The summed E-state index contributed by atoms with van der Waals surface area (Å²) in [4.78, 5) is 23.4. The van der Waals surface area contributed by atoms with Crippen molar-refractivity contribution in [3.63, 3.8) is 0 Å². The summed E-state index contributed by atoms with van der Waals surface area (Å²) >= 11 is 0. The lowest BCUT2D eigenvalue weighted by molar-refractivity contribution is -0.117. The van der Waals surface area contributed by atoms with Crippen LogP contribution in [0.4, 0.5) is 0 Å². The van der Waals surface area contributed by atoms with Gasteiger partial charge in [-0.25, -0.2) is 0 Å². The molecule has 1 fully saturated rings. The van der Waals surface area contributed by atoms with Crippen LogP contribution in [0.5, 0.6) is 0 Å². The molecule has 0 saturated heterocycles. The second-order valence-corrected chi connectivity index (χ2v) is 4.78. The minimum absolute atomic E-state index is 0.0629. The molecule has 0 atom stereocenters. The maximum atomic E-state index is 11.8. The minimum Gasteiger partial charge on any atom is -0.492 e. The summed E-state index contributed by atoms with van der Waals surface area (Å²) in [5.41, 5.74) is 0.576. The fraction of sp³-hybridized carbons (Fsp3) is 0.571. The van der Waals surface area contributed by atoms with Crippen LogP contribution >= 0.6 is 0 Å². The first-order chi connectivity index (χ1) is 8.22. The molecule has 0 aromatic carbocycles. The standard InChI is InChI=1S/C14H18O3/c1-17-14-11(12(15)7-8-13(14)16)9-10-5-3-2-4-6-10/h7-8,10H,2-6,9H2,1H3. The molecule has 0 spiro atoms. The quantitative estimate of drug-likeness (QED) is 0.705. The molecule has 92 valence electrons. The van der Waals surface area contributed by atoms with Gasteiger partial charge in [-0.15, -0.1) is 0 Å². The highest BCUT2D eigenvalue weighted by molar-refractivity contribution is 6.19. The Kier molecular flexibility index (Phi) is 3.77. The number of hydrogen-bond donors (Lipinski definition) is 0. The zero-order valence-electron chi connectivity index (χ0n) is 10.2. The fourth-order valence-electron chi connectivity index (χ4n) is 2.69. The molecule has 17 heavy (non-hydrogen) atoms. The molecule has 3 heteroatoms. The third-order valence-corrected chi connectivity index (χ3v) is 3.60. The molecule has 2 aliphatic rings. The predicted molar refractivity (Wildman–Crippen MR) is 64.4 cm³/mol. The highest BCUT2D eigenvalue weighted by Gasteiger charge is 2.26. The highest BCUT2D eigenvalue weighted by Crippen LogP contribution is 2.31. The molecular weight excluding hydrogens is 216 g/mol. The van der Waals surface area contributed by atoms with E-state index in [9.17, 15) is 9.59 Å². The molecule has 0 bridgehead atoms. The number of carbonyl (C=O) groups excluding carboxylic acids is 2. The van der Waals surface area contributed by atoms with Crippen LogP contribution in [0.1, 0.15) is 38.5 Å². The van der Waals surface area contributed by atoms with E-state index in [2.05, 4.69) is 0 Å². The van der Waals surface area contributed by atoms with Gasteiger partial charge in [-0.1, -0.05) is 32.1 Å². The van der Waals surface area contributed by atoms with Crippen molar-refractivity contribution in [3.8, 4) is 0 Å². The van der Waals surface area contributed by atoms with Gasteiger partial charge in [0.05, 0.1) is 7.11 Å². The molecule has 2 aliphatic carbocycles. The smallest absolute Gasteiger partial charge is 0.220 e. The van der Waals surface area contributed by atoms with Gasteiger partial charge in [-0.2, -0.15) is 0 Å². The third-order valence-electron chi connectivity index (χ3n) is 3.60. The van der Waals surface area contributed by atoms with Gasteiger partial charge in [0.2, 0.25) is 5.78 Å². The summed E-state index contributed by atoms with van der Waals surface area (Å²) < 4.78 is 5.09. The summed E-state index contributed by atoms with van der Waals surface area (Å²) in [5.74, 6) is 0.542. The molecule has 2 rings (SSSR count). The van der Waals surface area contributed by atoms with Crippen molar-refractivity contribution in [3.05, 3.63) is 23.5 Å². The van der Waals surface area contributed by atoms with E-state index in [1.165, 1.54) is 38.5 Å². The molecule has 0 heterocycles. The van der Waals surface area contributed by atoms with E-state index in [1.807, 2.05) is 0 Å². The SMILES string of the molecule is COC1=C(CC2CCCCC2)C(=O)C=CC1=O. The van der Waals surface area contributed by atoms with E-state index in [4.69, 9.17) is 4.74 Å². The Bertz CT molecular complexity index is 384. The summed E-state index contributed by atoms with van der Waals surface area (Å²) in [7, 11) is 1.46. The van der Waals surface area contributed by atoms with Gasteiger partial charge in [0.25, 0.3) is 0 Å². The number of rotatable bonds is 3. The average Bonchev–Trinajstić information content (AvgIpc) is 2.35. The van der Waals surface area contributed by atoms with Crippen LogP contribution in [0.15, 0.2) is 23.5 Å². The molecule has 1 saturated carbocycles. The summed E-state index contributed by atoms with van der Waals surface area (Å²) in [5, 5.41) is 0. The van der Waals surface area contributed by atoms with Gasteiger partial charge in [0.15, 0.2) is 11.5 Å². The second kappa shape index (κ2) is 5.30. The predicted octanol–water partition coefficient (Wildman–Crippen LogP) is 2.57. The highest BCUT2D eigenvalue weighted by atomic mass is 16.5. The van der Waals surface area contributed by atoms with E-state index < -0.39 is 0 Å². The van der Waals surface area contributed by atoms with Gasteiger partial charge < -0.3 is 4.74 Å². The number of ether oxygens (including phenoxy) is 1. The molecule has 0 unspecified atom stereocenters. The molecule has 3 nitrogen and oxygen atoms in total. The maximum Gasteiger partial charge on any atom is 0.220 e. The monoisotopic (exact) mass is 234 g/mol. The van der Waals surface area contributed by atoms with Gasteiger partial charge in [0, 0.05) is 5.57 Å². The van der Waals surface area contributed by atoms with Gasteiger partial charge in [-0.05, 0) is 24.5 Å². The number of allylic oxidation sites excluding steroid dienone is 3. The van der Waals surface area contributed by atoms with Crippen molar-refractivity contribution in [2.45, 2.75) is 38.5 Å². The zero-order valence-corrected chi connectivity index (χ0v) is 10.2. The molecule has 0 aromatic heterocycles. The van der Waals surface area contributed by atoms with E-state index in [-0.39, 0.29) is 17.3 Å². The topological polar surface area (TPSA) is 43.4 Å². The number of carbonyl (C=O) groups is 2. The first-order valence-corrected chi connectivity index (χ1v) is 6.26. The van der Waals surface area contributed by atoms with E-state index >= 15 is 0 Å². The Morgan fingerprint density at radius 1 is 1.12 bits per heavy atom.